The Hall–Kier alpha value is -1.10. The molecule has 0 heterocycles. The first kappa shape index (κ1) is 14.3. The van der Waals surface area contributed by atoms with Crippen LogP contribution in [0.4, 0.5) is 4.39 Å². The first-order valence-corrected chi connectivity index (χ1v) is 6.74. The summed E-state index contributed by atoms with van der Waals surface area (Å²) >= 11 is 9.20. The minimum Gasteiger partial charge on any atom is -0.488 e. The summed E-state index contributed by atoms with van der Waals surface area (Å²) in [4.78, 5) is 0. The number of halogens is 3. The van der Waals surface area contributed by atoms with E-state index >= 15 is 0 Å². The molecule has 0 atom stereocenters. The largest absolute Gasteiger partial charge is 0.488 e. The summed E-state index contributed by atoms with van der Waals surface area (Å²) in [6.45, 7) is 0.141. The Morgan fingerprint density at radius 1 is 1.26 bits per heavy atom. The fourth-order valence-corrected chi connectivity index (χ4v) is 2.30. The second-order valence-electron chi connectivity index (χ2n) is 3.92. The topological polar surface area (TPSA) is 29.5 Å². The Kier molecular flexibility index (Phi) is 4.80. The highest BCUT2D eigenvalue weighted by Gasteiger charge is 2.08. The minimum absolute atomic E-state index is 0.0331. The summed E-state index contributed by atoms with van der Waals surface area (Å²) in [5.41, 5.74) is 1.36. The van der Waals surface area contributed by atoms with Crippen molar-refractivity contribution >= 4 is 27.5 Å². The lowest BCUT2D eigenvalue weighted by molar-refractivity contribution is 0.280. The Bertz CT molecular complexity index is 590. The molecule has 0 aliphatic heterocycles. The summed E-state index contributed by atoms with van der Waals surface area (Å²) < 4.78 is 19.6. The number of aliphatic hydroxyl groups is 1. The van der Waals surface area contributed by atoms with E-state index in [0.29, 0.717) is 11.3 Å². The zero-order valence-corrected chi connectivity index (χ0v) is 12.2. The third kappa shape index (κ3) is 3.47. The Morgan fingerprint density at radius 3 is 2.74 bits per heavy atom. The number of ether oxygens (including phenoxy) is 1. The van der Waals surface area contributed by atoms with E-state index < -0.39 is 5.82 Å². The number of benzene rings is 2. The van der Waals surface area contributed by atoms with E-state index in [1.165, 1.54) is 6.07 Å². The second-order valence-corrected chi connectivity index (χ2v) is 5.16. The molecule has 0 saturated carbocycles. The molecule has 2 aromatic carbocycles. The molecule has 0 unspecified atom stereocenters. The molecule has 5 heteroatoms. The molecule has 2 aromatic rings. The second kappa shape index (κ2) is 6.37. The summed E-state index contributed by atoms with van der Waals surface area (Å²) in [5.74, 6) is 0.148. The molecule has 0 amide bonds. The molecular formula is C14H11BrClFO2. The van der Waals surface area contributed by atoms with E-state index in [2.05, 4.69) is 15.9 Å². The third-order valence-corrected chi connectivity index (χ3v) is 3.64. The van der Waals surface area contributed by atoms with Crippen LogP contribution in [0, 0.1) is 5.82 Å². The molecule has 0 aliphatic rings. The maximum absolute atomic E-state index is 13.3. The van der Waals surface area contributed by atoms with Gasteiger partial charge in [0, 0.05) is 5.56 Å². The van der Waals surface area contributed by atoms with Gasteiger partial charge in [0.25, 0.3) is 0 Å². The zero-order chi connectivity index (χ0) is 13.8. The van der Waals surface area contributed by atoms with Gasteiger partial charge in [-0.05, 0) is 39.7 Å². The average molecular weight is 346 g/mol. The van der Waals surface area contributed by atoms with Crippen LogP contribution >= 0.6 is 27.5 Å². The van der Waals surface area contributed by atoms with Gasteiger partial charge in [0.05, 0.1) is 16.1 Å². The number of aliphatic hydroxyl groups excluding tert-OH is 1. The van der Waals surface area contributed by atoms with E-state index in [0.717, 1.165) is 10.0 Å². The highest BCUT2D eigenvalue weighted by molar-refractivity contribution is 9.10. The van der Waals surface area contributed by atoms with Crippen molar-refractivity contribution < 1.29 is 14.2 Å². The molecule has 0 fully saturated rings. The number of rotatable bonds is 4. The van der Waals surface area contributed by atoms with Crippen LogP contribution in [0.5, 0.6) is 5.75 Å². The number of hydrogen-bond donors (Lipinski definition) is 1. The summed E-state index contributed by atoms with van der Waals surface area (Å²) in [6.07, 6.45) is 0. The summed E-state index contributed by atoms with van der Waals surface area (Å²) in [5, 5.41) is 9.08. The van der Waals surface area contributed by atoms with Crippen molar-refractivity contribution in [2.24, 2.45) is 0 Å². The van der Waals surface area contributed by atoms with Gasteiger partial charge in [-0.2, -0.15) is 0 Å². The monoisotopic (exact) mass is 344 g/mol. The van der Waals surface area contributed by atoms with E-state index in [9.17, 15) is 4.39 Å². The van der Waals surface area contributed by atoms with Gasteiger partial charge in [-0.1, -0.05) is 29.8 Å². The van der Waals surface area contributed by atoms with Crippen molar-refractivity contribution in [3.8, 4) is 5.75 Å². The van der Waals surface area contributed by atoms with Crippen LogP contribution < -0.4 is 4.74 Å². The molecule has 0 aromatic heterocycles. The quantitative estimate of drug-likeness (QED) is 0.894. The fourth-order valence-electron chi connectivity index (χ4n) is 1.58. The minimum atomic E-state index is -0.461. The van der Waals surface area contributed by atoms with E-state index in [1.807, 2.05) is 0 Å². The van der Waals surface area contributed by atoms with Gasteiger partial charge in [-0.25, -0.2) is 4.39 Å². The fraction of sp³-hybridized carbons (Fsp3) is 0.143. The van der Waals surface area contributed by atoms with Crippen LogP contribution in [0.1, 0.15) is 11.1 Å². The van der Waals surface area contributed by atoms with E-state index in [-0.39, 0.29) is 18.2 Å². The molecule has 0 bridgehead atoms. The molecule has 0 spiro atoms. The van der Waals surface area contributed by atoms with Gasteiger partial charge in [0.2, 0.25) is 0 Å². The molecule has 0 saturated heterocycles. The Labute approximate surface area is 123 Å². The van der Waals surface area contributed by atoms with Crippen LogP contribution in [0.25, 0.3) is 0 Å². The maximum atomic E-state index is 13.3. The molecule has 100 valence electrons. The standard InChI is InChI=1S/C14H11BrClFO2/c15-11-6-9(7-18)4-5-13(11)19-8-10-2-1-3-12(17)14(10)16/h1-6,18H,7-8H2. The molecule has 2 nitrogen and oxygen atoms in total. The third-order valence-electron chi connectivity index (χ3n) is 2.59. The molecule has 1 N–H and O–H groups in total. The Morgan fingerprint density at radius 2 is 2.05 bits per heavy atom. The van der Waals surface area contributed by atoms with E-state index in [4.69, 9.17) is 21.4 Å². The van der Waals surface area contributed by atoms with Crippen molar-refractivity contribution in [1.29, 1.82) is 0 Å². The average Bonchev–Trinajstić information content (AvgIpc) is 2.41. The first-order valence-electron chi connectivity index (χ1n) is 5.57. The lowest BCUT2D eigenvalue weighted by Crippen LogP contribution is -1.98. The maximum Gasteiger partial charge on any atom is 0.142 e. The molecule has 2 rings (SSSR count). The predicted molar refractivity (Wildman–Crippen MR) is 75.8 cm³/mol. The molecule has 0 radical (unpaired) electrons. The van der Waals surface area contributed by atoms with Crippen LogP contribution in [0.3, 0.4) is 0 Å². The SMILES string of the molecule is OCc1ccc(OCc2cccc(F)c2Cl)c(Br)c1. The lowest BCUT2D eigenvalue weighted by Gasteiger charge is -2.10. The highest BCUT2D eigenvalue weighted by atomic mass is 79.9. The van der Waals surface area contributed by atoms with Gasteiger partial charge in [-0.15, -0.1) is 0 Å². The van der Waals surface area contributed by atoms with Gasteiger partial charge >= 0.3 is 0 Å². The van der Waals surface area contributed by atoms with Crippen molar-refractivity contribution in [1.82, 2.24) is 0 Å². The van der Waals surface area contributed by atoms with Gasteiger partial charge in [0.15, 0.2) is 0 Å². The van der Waals surface area contributed by atoms with Crippen LogP contribution in [0.15, 0.2) is 40.9 Å². The normalized spacial score (nSPS) is 10.5. The molecule has 19 heavy (non-hydrogen) atoms. The molecular weight excluding hydrogens is 335 g/mol. The smallest absolute Gasteiger partial charge is 0.142 e. The predicted octanol–water partition coefficient (Wildman–Crippen LogP) is 4.31. The van der Waals surface area contributed by atoms with Crippen LogP contribution in [-0.2, 0) is 13.2 Å². The van der Waals surface area contributed by atoms with Crippen molar-refractivity contribution in [2.45, 2.75) is 13.2 Å². The summed E-state index contributed by atoms with van der Waals surface area (Å²) in [7, 11) is 0. The Balaban J connectivity index is 2.12. The zero-order valence-electron chi connectivity index (χ0n) is 9.87. The van der Waals surface area contributed by atoms with Gasteiger partial charge in [-0.3, -0.25) is 0 Å². The van der Waals surface area contributed by atoms with Crippen LogP contribution in [0.2, 0.25) is 5.02 Å². The summed E-state index contributed by atoms with van der Waals surface area (Å²) in [6, 6.07) is 9.86. The van der Waals surface area contributed by atoms with Gasteiger partial charge < -0.3 is 9.84 Å². The number of hydrogen-bond acceptors (Lipinski definition) is 2. The van der Waals surface area contributed by atoms with Crippen LogP contribution in [-0.4, -0.2) is 5.11 Å². The molecule has 0 aliphatic carbocycles. The van der Waals surface area contributed by atoms with Crippen molar-refractivity contribution in [3.05, 3.63) is 62.8 Å². The lowest BCUT2D eigenvalue weighted by atomic mass is 10.2. The highest BCUT2D eigenvalue weighted by Crippen LogP contribution is 2.28. The van der Waals surface area contributed by atoms with Crippen molar-refractivity contribution in [2.75, 3.05) is 0 Å². The van der Waals surface area contributed by atoms with E-state index in [1.54, 1.807) is 30.3 Å². The van der Waals surface area contributed by atoms with Crippen molar-refractivity contribution in [3.63, 3.8) is 0 Å². The first-order chi connectivity index (χ1) is 9.11. The van der Waals surface area contributed by atoms with Gasteiger partial charge in [0.1, 0.15) is 18.2 Å².